The molecular formula is C18H29N5. The average Bonchev–Trinajstić information content (AvgIpc) is 3.12. The van der Waals surface area contributed by atoms with E-state index in [0.717, 1.165) is 31.4 Å². The topological polar surface area (TPSA) is 27.5 Å². The second-order valence-corrected chi connectivity index (χ2v) is 7.01. The predicted molar refractivity (Wildman–Crippen MR) is 93.2 cm³/mol. The first kappa shape index (κ1) is 16.5. The van der Waals surface area contributed by atoms with E-state index in [1.807, 2.05) is 0 Å². The molecule has 2 aliphatic rings. The van der Waals surface area contributed by atoms with Gasteiger partial charge in [0.1, 0.15) is 0 Å². The average molecular weight is 315 g/mol. The maximum absolute atomic E-state index is 5.37. The Labute approximate surface area is 140 Å². The van der Waals surface area contributed by atoms with Crippen LogP contribution in [0.4, 0.5) is 0 Å². The molecule has 0 spiro atoms. The highest BCUT2D eigenvalue weighted by molar-refractivity contribution is 5.15. The molecule has 0 N–H and O–H groups in total. The van der Waals surface area contributed by atoms with Crippen LogP contribution < -0.4 is 0 Å². The van der Waals surface area contributed by atoms with Crippen molar-refractivity contribution in [3.8, 4) is 12.3 Å². The summed E-state index contributed by atoms with van der Waals surface area (Å²) in [7, 11) is 2.05. The number of piperazine rings is 1. The molecule has 3 rings (SSSR count). The van der Waals surface area contributed by atoms with Gasteiger partial charge in [0.15, 0.2) is 0 Å². The quantitative estimate of drug-likeness (QED) is 0.733. The molecule has 2 fully saturated rings. The van der Waals surface area contributed by atoms with Crippen molar-refractivity contribution in [3.05, 3.63) is 17.5 Å². The zero-order chi connectivity index (χ0) is 16.2. The van der Waals surface area contributed by atoms with E-state index in [1.54, 1.807) is 0 Å². The number of aryl methyl sites for hydroxylation is 1. The van der Waals surface area contributed by atoms with Crippen molar-refractivity contribution < 1.29 is 0 Å². The van der Waals surface area contributed by atoms with Crippen LogP contribution in [0, 0.1) is 19.3 Å². The fourth-order valence-electron chi connectivity index (χ4n) is 3.83. The molecule has 1 aromatic heterocycles. The van der Waals surface area contributed by atoms with Crippen LogP contribution in [0.15, 0.2) is 6.20 Å². The third-order valence-corrected chi connectivity index (χ3v) is 5.17. The minimum atomic E-state index is 0.677. The lowest BCUT2D eigenvalue weighted by Gasteiger charge is -2.37. The molecule has 5 nitrogen and oxygen atoms in total. The molecule has 1 atom stereocenters. The van der Waals surface area contributed by atoms with Gasteiger partial charge in [-0.05, 0) is 33.4 Å². The molecule has 0 unspecified atom stereocenters. The standard InChI is InChI=1S/C18H29N5/c1-4-7-20(3)13-17-14-23(19-16(17)2)12-10-21-9-11-22-8-5-6-18(22)15-21/h1,14,18H,5-13,15H2,2-3H3/t18-/m1/s1. The summed E-state index contributed by atoms with van der Waals surface area (Å²) in [5, 5.41) is 4.68. The van der Waals surface area contributed by atoms with Crippen molar-refractivity contribution in [3.63, 3.8) is 0 Å². The summed E-state index contributed by atoms with van der Waals surface area (Å²) in [6.45, 7) is 10.7. The van der Waals surface area contributed by atoms with Gasteiger partial charge in [-0.1, -0.05) is 5.92 Å². The van der Waals surface area contributed by atoms with E-state index in [9.17, 15) is 0 Å². The number of nitrogens with zero attached hydrogens (tertiary/aromatic N) is 5. The van der Waals surface area contributed by atoms with E-state index < -0.39 is 0 Å². The van der Waals surface area contributed by atoms with Crippen LogP contribution in [0.25, 0.3) is 0 Å². The Kier molecular flexibility index (Phi) is 5.37. The normalized spacial score (nSPS) is 22.4. The van der Waals surface area contributed by atoms with Gasteiger partial charge in [0, 0.05) is 50.5 Å². The molecule has 2 aliphatic heterocycles. The van der Waals surface area contributed by atoms with Gasteiger partial charge in [-0.3, -0.25) is 19.4 Å². The number of hydrogen-bond acceptors (Lipinski definition) is 4. The first-order valence-electron chi connectivity index (χ1n) is 8.77. The fourth-order valence-corrected chi connectivity index (χ4v) is 3.83. The van der Waals surface area contributed by atoms with Crippen molar-refractivity contribution in [2.24, 2.45) is 0 Å². The highest BCUT2D eigenvalue weighted by Crippen LogP contribution is 2.21. The van der Waals surface area contributed by atoms with Crippen LogP contribution in [0.5, 0.6) is 0 Å². The number of rotatable bonds is 6. The summed E-state index contributed by atoms with van der Waals surface area (Å²) in [4.78, 5) is 7.41. The van der Waals surface area contributed by atoms with E-state index >= 15 is 0 Å². The molecule has 0 radical (unpaired) electrons. The molecule has 0 bridgehead atoms. The van der Waals surface area contributed by atoms with Gasteiger partial charge >= 0.3 is 0 Å². The number of fused-ring (bicyclic) bond motifs is 1. The summed E-state index contributed by atoms with van der Waals surface area (Å²) in [5.74, 6) is 2.69. The Morgan fingerprint density at radius 3 is 3.04 bits per heavy atom. The molecule has 0 aliphatic carbocycles. The Balaban J connectivity index is 1.49. The zero-order valence-corrected chi connectivity index (χ0v) is 14.5. The lowest BCUT2D eigenvalue weighted by atomic mass is 10.1. The van der Waals surface area contributed by atoms with Gasteiger partial charge in [0.2, 0.25) is 0 Å². The molecule has 23 heavy (non-hydrogen) atoms. The minimum absolute atomic E-state index is 0.677. The van der Waals surface area contributed by atoms with Crippen molar-refractivity contribution in [2.45, 2.75) is 38.9 Å². The summed E-state index contributed by atoms with van der Waals surface area (Å²) in [5.41, 5.74) is 2.40. The summed E-state index contributed by atoms with van der Waals surface area (Å²) < 4.78 is 2.11. The highest BCUT2D eigenvalue weighted by atomic mass is 15.3. The molecule has 126 valence electrons. The monoisotopic (exact) mass is 315 g/mol. The number of terminal acetylenes is 1. The maximum atomic E-state index is 5.37. The van der Waals surface area contributed by atoms with Crippen LogP contribution in [0.1, 0.15) is 24.1 Å². The van der Waals surface area contributed by atoms with Crippen molar-refractivity contribution in [2.75, 3.05) is 46.3 Å². The SMILES string of the molecule is C#CCN(C)Cc1cn(CCN2CCN3CCC[C@@H]3C2)nc1C. The third-order valence-electron chi connectivity index (χ3n) is 5.17. The van der Waals surface area contributed by atoms with E-state index in [1.165, 1.54) is 44.6 Å². The molecule has 0 saturated carbocycles. The van der Waals surface area contributed by atoms with E-state index in [0.29, 0.717) is 6.54 Å². The lowest BCUT2D eigenvalue weighted by Crippen LogP contribution is -2.50. The van der Waals surface area contributed by atoms with Crippen LogP contribution in [-0.2, 0) is 13.1 Å². The highest BCUT2D eigenvalue weighted by Gasteiger charge is 2.30. The van der Waals surface area contributed by atoms with Crippen LogP contribution in [0.3, 0.4) is 0 Å². The molecule has 1 aromatic rings. The smallest absolute Gasteiger partial charge is 0.0638 e. The maximum Gasteiger partial charge on any atom is 0.0638 e. The predicted octanol–water partition coefficient (Wildman–Crippen LogP) is 1.04. The van der Waals surface area contributed by atoms with Gasteiger partial charge in [-0.25, -0.2) is 0 Å². The molecule has 5 heteroatoms. The van der Waals surface area contributed by atoms with Gasteiger partial charge < -0.3 is 0 Å². The Morgan fingerprint density at radius 2 is 2.22 bits per heavy atom. The lowest BCUT2D eigenvalue weighted by molar-refractivity contribution is 0.101. The Bertz CT molecular complexity index is 558. The minimum Gasteiger partial charge on any atom is -0.299 e. The number of hydrogen-bond donors (Lipinski definition) is 0. The van der Waals surface area contributed by atoms with Gasteiger partial charge in [-0.15, -0.1) is 6.42 Å². The fraction of sp³-hybridized carbons (Fsp3) is 0.722. The van der Waals surface area contributed by atoms with Crippen molar-refractivity contribution in [1.82, 2.24) is 24.5 Å². The molecule has 2 saturated heterocycles. The van der Waals surface area contributed by atoms with Crippen molar-refractivity contribution >= 4 is 0 Å². The Morgan fingerprint density at radius 1 is 1.35 bits per heavy atom. The molecule has 3 heterocycles. The largest absolute Gasteiger partial charge is 0.299 e. The van der Waals surface area contributed by atoms with Gasteiger partial charge in [-0.2, -0.15) is 5.10 Å². The Hall–Kier alpha value is -1.35. The first-order chi connectivity index (χ1) is 11.2. The molecule has 0 aromatic carbocycles. The van der Waals surface area contributed by atoms with E-state index in [4.69, 9.17) is 6.42 Å². The molecule has 0 amide bonds. The molecular weight excluding hydrogens is 286 g/mol. The second-order valence-electron chi connectivity index (χ2n) is 7.01. The summed E-state index contributed by atoms with van der Waals surface area (Å²) in [6.07, 6.45) is 10.3. The van der Waals surface area contributed by atoms with Crippen LogP contribution in [0.2, 0.25) is 0 Å². The van der Waals surface area contributed by atoms with Crippen LogP contribution >= 0.6 is 0 Å². The number of aromatic nitrogens is 2. The summed E-state index contributed by atoms with van der Waals surface area (Å²) in [6, 6.07) is 0.802. The van der Waals surface area contributed by atoms with E-state index in [-0.39, 0.29) is 0 Å². The summed E-state index contributed by atoms with van der Waals surface area (Å²) >= 11 is 0. The van der Waals surface area contributed by atoms with Gasteiger partial charge in [0.25, 0.3) is 0 Å². The van der Waals surface area contributed by atoms with Crippen LogP contribution in [-0.4, -0.2) is 76.8 Å². The zero-order valence-electron chi connectivity index (χ0n) is 14.5. The second kappa shape index (κ2) is 7.48. The first-order valence-corrected chi connectivity index (χ1v) is 8.77. The van der Waals surface area contributed by atoms with E-state index in [2.05, 4.69) is 50.6 Å². The van der Waals surface area contributed by atoms with Gasteiger partial charge in [0.05, 0.1) is 18.8 Å². The van der Waals surface area contributed by atoms with Crippen molar-refractivity contribution in [1.29, 1.82) is 0 Å². The third kappa shape index (κ3) is 4.14.